The largest absolute Gasteiger partial charge is 0.390 e. The average molecular weight is 468 g/mol. The van der Waals surface area contributed by atoms with Crippen LogP contribution in [0.5, 0.6) is 0 Å². The first-order chi connectivity index (χ1) is 15.6. The van der Waals surface area contributed by atoms with Gasteiger partial charge in [0.15, 0.2) is 0 Å². The Hall–Kier alpha value is -2.58. The lowest BCUT2D eigenvalue weighted by molar-refractivity contribution is 0.0674. The molecule has 7 nitrogen and oxygen atoms in total. The maximum atomic E-state index is 13.1. The van der Waals surface area contributed by atoms with E-state index in [1.165, 1.54) is 9.75 Å². The minimum absolute atomic E-state index is 0.0136. The molecule has 1 aliphatic rings. The molecule has 4 rings (SSSR count). The SMILES string of the molecule is Cc1cc(-c2ccnc(-n3ncc(C(=O)N[C@@H](C)CCCC(C)(C)O)c3C3CC3)n2)c(C)s1. The molecule has 3 heterocycles. The molecule has 2 N–H and O–H groups in total. The Bertz CT molecular complexity index is 1140. The number of thiophene rings is 1. The molecule has 3 aromatic heterocycles. The van der Waals surface area contributed by atoms with Gasteiger partial charge < -0.3 is 10.4 Å². The van der Waals surface area contributed by atoms with Gasteiger partial charge in [-0.05, 0) is 78.9 Å². The van der Waals surface area contributed by atoms with Crippen molar-refractivity contribution in [2.75, 3.05) is 0 Å². The van der Waals surface area contributed by atoms with Crippen molar-refractivity contribution in [1.82, 2.24) is 25.1 Å². The molecule has 0 saturated heterocycles. The molecule has 1 atom stereocenters. The lowest BCUT2D eigenvalue weighted by atomic mass is 9.99. The van der Waals surface area contributed by atoms with Crippen molar-refractivity contribution in [1.29, 1.82) is 0 Å². The Balaban J connectivity index is 1.55. The molecule has 176 valence electrons. The van der Waals surface area contributed by atoms with Gasteiger partial charge in [0.1, 0.15) is 0 Å². The molecule has 0 aromatic carbocycles. The van der Waals surface area contributed by atoms with E-state index in [1.807, 2.05) is 26.8 Å². The van der Waals surface area contributed by atoms with Gasteiger partial charge in [-0.25, -0.2) is 14.6 Å². The molecule has 1 amide bonds. The Labute approximate surface area is 199 Å². The third-order valence-corrected chi connectivity index (χ3v) is 6.93. The van der Waals surface area contributed by atoms with Crippen LogP contribution in [0.3, 0.4) is 0 Å². The van der Waals surface area contributed by atoms with Crippen LogP contribution in [0.15, 0.2) is 24.5 Å². The zero-order valence-corrected chi connectivity index (χ0v) is 20.9. The number of aromatic nitrogens is 4. The van der Waals surface area contributed by atoms with Gasteiger partial charge in [-0.1, -0.05) is 0 Å². The van der Waals surface area contributed by atoms with E-state index in [-0.39, 0.29) is 11.9 Å². The van der Waals surface area contributed by atoms with Crippen LogP contribution in [0.4, 0.5) is 0 Å². The summed E-state index contributed by atoms with van der Waals surface area (Å²) < 4.78 is 1.74. The van der Waals surface area contributed by atoms with Crippen molar-refractivity contribution in [3.05, 3.63) is 45.5 Å². The van der Waals surface area contributed by atoms with Crippen molar-refractivity contribution in [3.8, 4) is 17.2 Å². The fourth-order valence-corrected chi connectivity index (χ4v) is 5.08. The number of rotatable bonds is 9. The van der Waals surface area contributed by atoms with Gasteiger partial charge in [0, 0.05) is 33.5 Å². The Morgan fingerprint density at radius 2 is 2.12 bits per heavy atom. The molecule has 33 heavy (non-hydrogen) atoms. The van der Waals surface area contributed by atoms with Gasteiger partial charge in [0.25, 0.3) is 11.9 Å². The van der Waals surface area contributed by atoms with Crippen molar-refractivity contribution < 1.29 is 9.90 Å². The first kappa shape index (κ1) is 23.6. The number of nitrogens with zero attached hydrogens (tertiary/aromatic N) is 4. The van der Waals surface area contributed by atoms with Gasteiger partial charge in [0.05, 0.1) is 28.7 Å². The van der Waals surface area contributed by atoms with Gasteiger partial charge in [-0.15, -0.1) is 11.3 Å². The van der Waals surface area contributed by atoms with E-state index in [0.29, 0.717) is 23.9 Å². The van der Waals surface area contributed by atoms with Crippen molar-refractivity contribution >= 4 is 17.2 Å². The molecule has 1 fully saturated rings. The summed E-state index contributed by atoms with van der Waals surface area (Å²) in [6.07, 6.45) is 7.84. The predicted molar refractivity (Wildman–Crippen MR) is 131 cm³/mol. The number of carbonyl (C=O) groups excluding carboxylic acids is 1. The fourth-order valence-electron chi connectivity index (χ4n) is 4.14. The third kappa shape index (κ3) is 5.68. The molecule has 0 radical (unpaired) electrons. The third-order valence-electron chi connectivity index (χ3n) is 5.97. The van der Waals surface area contributed by atoms with Gasteiger partial charge in [-0.2, -0.15) is 5.10 Å². The second kappa shape index (κ2) is 9.35. The lowest BCUT2D eigenvalue weighted by Crippen LogP contribution is -2.33. The monoisotopic (exact) mass is 467 g/mol. The van der Waals surface area contributed by atoms with Crippen LogP contribution in [-0.2, 0) is 0 Å². The van der Waals surface area contributed by atoms with E-state index >= 15 is 0 Å². The van der Waals surface area contributed by atoms with E-state index in [1.54, 1.807) is 28.4 Å². The van der Waals surface area contributed by atoms with Crippen molar-refractivity contribution in [2.45, 2.75) is 84.3 Å². The van der Waals surface area contributed by atoms with Crippen LogP contribution in [0.1, 0.15) is 84.6 Å². The molecule has 0 spiro atoms. The Morgan fingerprint density at radius 3 is 2.76 bits per heavy atom. The molecule has 8 heteroatoms. The standard InChI is InChI=1S/C25H33N5O2S/c1-15(7-6-11-25(4,5)32)28-23(31)20-14-27-30(22(20)18-8-9-18)24-26-12-10-21(29-24)19-13-16(2)33-17(19)3/h10,12-15,18,32H,6-9,11H2,1-5H3,(H,28,31)/t15-/m0/s1. The zero-order valence-electron chi connectivity index (χ0n) is 20.1. The zero-order chi connectivity index (χ0) is 23.8. The van der Waals surface area contributed by atoms with Crippen molar-refractivity contribution in [2.24, 2.45) is 0 Å². The number of carbonyl (C=O) groups is 1. The fraction of sp³-hybridized carbons (Fsp3) is 0.520. The normalized spacial score (nSPS) is 15.0. The summed E-state index contributed by atoms with van der Waals surface area (Å²) in [6.45, 7) is 9.82. The van der Waals surface area contributed by atoms with Crippen LogP contribution >= 0.6 is 11.3 Å². The second-order valence-corrected chi connectivity index (χ2v) is 11.2. The van der Waals surface area contributed by atoms with E-state index in [9.17, 15) is 9.90 Å². The summed E-state index contributed by atoms with van der Waals surface area (Å²) in [5.74, 6) is 0.686. The lowest BCUT2D eigenvalue weighted by Gasteiger charge is -2.19. The highest BCUT2D eigenvalue weighted by Crippen LogP contribution is 2.42. The molecule has 0 bridgehead atoms. The highest BCUT2D eigenvalue weighted by Gasteiger charge is 2.34. The quantitative estimate of drug-likeness (QED) is 0.465. The van der Waals surface area contributed by atoms with Gasteiger partial charge in [0.2, 0.25) is 0 Å². The summed E-state index contributed by atoms with van der Waals surface area (Å²) in [5.41, 5.74) is 2.79. The second-order valence-electron chi connectivity index (χ2n) is 9.78. The summed E-state index contributed by atoms with van der Waals surface area (Å²) in [4.78, 5) is 24.8. The highest BCUT2D eigenvalue weighted by molar-refractivity contribution is 7.12. The Morgan fingerprint density at radius 1 is 1.36 bits per heavy atom. The minimum Gasteiger partial charge on any atom is -0.390 e. The summed E-state index contributed by atoms with van der Waals surface area (Å²) >= 11 is 1.75. The number of hydrogen-bond donors (Lipinski definition) is 2. The molecule has 0 unspecified atom stereocenters. The van der Waals surface area contributed by atoms with Gasteiger partial charge >= 0.3 is 0 Å². The van der Waals surface area contributed by atoms with Crippen LogP contribution < -0.4 is 5.32 Å². The van der Waals surface area contributed by atoms with Gasteiger partial charge in [-0.3, -0.25) is 4.79 Å². The molecule has 1 saturated carbocycles. The topological polar surface area (TPSA) is 92.9 Å². The van der Waals surface area contributed by atoms with E-state index in [4.69, 9.17) is 4.98 Å². The number of hydrogen-bond acceptors (Lipinski definition) is 6. The summed E-state index contributed by atoms with van der Waals surface area (Å²) in [7, 11) is 0. The molecule has 0 aliphatic heterocycles. The Kier molecular flexibility index (Phi) is 6.68. The number of nitrogens with one attached hydrogen (secondary N) is 1. The summed E-state index contributed by atoms with van der Waals surface area (Å²) in [5, 5.41) is 17.5. The number of aliphatic hydroxyl groups is 1. The highest BCUT2D eigenvalue weighted by atomic mass is 32.1. The first-order valence-electron chi connectivity index (χ1n) is 11.6. The molecular formula is C25H33N5O2S. The first-order valence-corrected chi connectivity index (χ1v) is 12.5. The molecule has 1 aliphatic carbocycles. The smallest absolute Gasteiger partial charge is 0.254 e. The van der Waals surface area contributed by atoms with Crippen LogP contribution in [0.25, 0.3) is 17.2 Å². The van der Waals surface area contributed by atoms with Crippen LogP contribution in [-0.4, -0.2) is 42.4 Å². The maximum absolute atomic E-state index is 13.1. The average Bonchev–Trinajstić information content (AvgIpc) is 3.38. The minimum atomic E-state index is -0.682. The number of aryl methyl sites for hydroxylation is 2. The molecular weight excluding hydrogens is 434 g/mol. The van der Waals surface area contributed by atoms with Crippen LogP contribution in [0, 0.1) is 13.8 Å². The molecule has 3 aromatic rings. The van der Waals surface area contributed by atoms with E-state index in [2.05, 4.69) is 35.3 Å². The maximum Gasteiger partial charge on any atom is 0.254 e. The summed E-state index contributed by atoms with van der Waals surface area (Å²) in [6, 6.07) is 4.08. The predicted octanol–water partition coefficient (Wildman–Crippen LogP) is 4.94. The van der Waals surface area contributed by atoms with E-state index < -0.39 is 5.60 Å². The number of amides is 1. The van der Waals surface area contributed by atoms with Crippen molar-refractivity contribution in [3.63, 3.8) is 0 Å². The van der Waals surface area contributed by atoms with E-state index in [0.717, 1.165) is 42.6 Å². The van der Waals surface area contributed by atoms with Crippen LogP contribution in [0.2, 0.25) is 0 Å².